The maximum absolute atomic E-state index is 12.8. The van der Waals surface area contributed by atoms with Crippen LogP contribution in [0.5, 0.6) is 5.75 Å². The SMILES string of the molecule is COc1ccc(Cl)cc1C(=O)Nc1cc(C)cc(C(F)(F)F)c1. The highest BCUT2D eigenvalue weighted by molar-refractivity contribution is 6.31. The van der Waals surface area contributed by atoms with Crippen molar-refractivity contribution in [3.63, 3.8) is 0 Å². The van der Waals surface area contributed by atoms with E-state index in [1.54, 1.807) is 6.07 Å². The number of anilines is 1. The van der Waals surface area contributed by atoms with Crippen molar-refractivity contribution in [1.29, 1.82) is 0 Å². The molecule has 1 N–H and O–H groups in total. The molecule has 0 aromatic heterocycles. The number of halogens is 4. The minimum atomic E-state index is -4.49. The molecule has 0 aliphatic heterocycles. The molecule has 2 rings (SSSR count). The molecule has 0 fully saturated rings. The van der Waals surface area contributed by atoms with Gasteiger partial charge in [0.25, 0.3) is 5.91 Å². The number of alkyl halides is 3. The summed E-state index contributed by atoms with van der Waals surface area (Å²) in [6, 6.07) is 7.78. The van der Waals surface area contributed by atoms with Crippen molar-refractivity contribution >= 4 is 23.2 Å². The lowest BCUT2D eigenvalue weighted by Gasteiger charge is -2.13. The highest BCUT2D eigenvalue weighted by atomic mass is 35.5. The van der Waals surface area contributed by atoms with Gasteiger partial charge in [-0.05, 0) is 48.9 Å². The van der Waals surface area contributed by atoms with E-state index in [9.17, 15) is 18.0 Å². The molecule has 3 nitrogen and oxygen atoms in total. The molecule has 0 aliphatic rings. The molecular formula is C16H13ClF3NO2. The van der Waals surface area contributed by atoms with Crippen LogP contribution in [0.2, 0.25) is 5.02 Å². The van der Waals surface area contributed by atoms with Crippen molar-refractivity contribution in [2.24, 2.45) is 0 Å². The van der Waals surface area contributed by atoms with Crippen LogP contribution >= 0.6 is 11.6 Å². The van der Waals surface area contributed by atoms with Crippen LogP contribution in [0.3, 0.4) is 0 Å². The number of hydrogen-bond donors (Lipinski definition) is 1. The molecule has 7 heteroatoms. The summed E-state index contributed by atoms with van der Waals surface area (Å²) >= 11 is 5.85. The third-order valence-electron chi connectivity index (χ3n) is 3.07. The minimum Gasteiger partial charge on any atom is -0.496 e. The Morgan fingerprint density at radius 2 is 1.87 bits per heavy atom. The van der Waals surface area contributed by atoms with E-state index in [4.69, 9.17) is 16.3 Å². The van der Waals surface area contributed by atoms with Crippen LogP contribution in [0.1, 0.15) is 21.5 Å². The van der Waals surface area contributed by atoms with E-state index in [1.165, 1.54) is 32.2 Å². The standard InChI is InChI=1S/C16H13ClF3NO2/c1-9-5-10(16(18,19)20)7-12(6-9)21-15(22)13-8-11(17)3-4-14(13)23-2/h3-8H,1-2H3,(H,21,22). The number of carbonyl (C=O) groups is 1. The van der Waals surface area contributed by atoms with Crippen LogP contribution in [0.4, 0.5) is 18.9 Å². The van der Waals surface area contributed by atoms with E-state index >= 15 is 0 Å². The summed E-state index contributed by atoms with van der Waals surface area (Å²) in [5.41, 5.74) is -0.265. The van der Waals surface area contributed by atoms with E-state index in [2.05, 4.69) is 5.32 Å². The van der Waals surface area contributed by atoms with Crippen molar-refractivity contribution in [3.05, 3.63) is 58.1 Å². The number of carbonyl (C=O) groups excluding carboxylic acids is 1. The van der Waals surface area contributed by atoms with Gasteiger partial charge in [-0.25, -0.2) is 0 Å². The number of nitrogens with one attached hydrogen (secondary N) is 1. The van der Waals surface area contributed by atoms with Crippen molar-refractivity contribution in [1.82, 2.24) is 0 Å². The molecule has 1 amide bonds. The molecule has 0 bridgehead atoms. The van der Waals surface area contributed by atoms with Crippen molar-refractivity contribution in [2.75, 3.05) is 12.4 Å². The van der Waals surface area contributed by atoms with Crippen LogP contribution in [0.25, 0.3) is 0 Å². The largest absolute Gasteiger partial charge is 0.496 e. The van der Waals surface area contributed by atoms with Crippen LogP contribution < -0.4 is 10.1 Å². The van der Waals surface area contributed by atoms with E-state index in [1.807, 2.05) is 0 Å². The van der Waals surface area contributed by atoms with Gasteiger partial charge in [-0.1, -0.05) is 11.6 Å². The zero-order valence-electron chi connectivity index (χ0n) is 12.3. The van der Waals surface area contributed by atoms with Crippen molar-refractivity contribution in [2.45, 2.75) is 13.1 Å². The Hall–Kier alpha value is -2.21. The molecule has 0 atom stereocenters. The van der Waals surface area contributed by atoms with Gasteiger partial charge in [0, 0.05) is 10.7 Å². The molecule has 0 aliphatic carbocycles. The maximum Gasteiger partial charge on any atom is 0.416 e. The predicted octanol–water partition coefficient (Wildman–Crippen LogP) is 4.93. The number of aryl methyl sites for hydroxylation is 1. The fourth-order valence-electron chi connectivity index (χ4n) is 2.08. The fourth-order valence-corrected chi connectivity index (χ4v) is 2.25. The van der Waals surface area contributed by atoms with Gasteiger partial charge in [-0.3, -0.25) is 4.79 Å². The number of methoxy groups -OCH3 is 1. The molecule has 2 aromatic rings. The van der Waals surface area contributed by atoms with Crippen LogP contribution in [0.15, 0.2) is 36.4 Å². The second-order valence-corrected chi connectivity index (χ2v) is 5.32. The molecule has 2 aromatic carbocycles. The molecule has 0 spiro atoms. The fraction of sp³-hybridized carbons (Fsp3) is 0.188. The monoisotopic (exact) mass is 343 g/mol. The van der Waals surface area contributed by atoms with Gasteiger partial charge >= 0.3 is 6.18 Å². The van der Waals surface area contributed by atoms with Crippen molar-refractivity contribution < 1.29 is 22.7 Å². The van der Waals surface area contributed by atoms with Gasteiger partial charge in [-0.15, -0.1) is 0 Å². The first-order chi connectivity index (χ1) is 10.7. The highest BCUT2D eigenvalue weighted by Gasteiger charge is 2.31. The van der Waals surface area contributed by atoms with Crippen LogP contribution in [-0.4, -0.2) is 13.0 Å². The molecular weight excluding hydrogens is 331 g/mol. The Balaban J connectivity index is 2.34. The van der Waals surface area contributed by atoms with Gasteiger partial charge in [0.15, 0.2) is 0 Å². The Labute approximate surface area is 136 Å². The number of rotatable bonds is 3. The van der Waals surface area contributed by atoms with E-state index in [0.717, 1.165) is 12.1 Å². The number of amides is 1. The first kappa shape index (κ1) is 17.1. The molecule has 0 unspecified atom stereocenters. The normalized spacial score (nSPS) is 11.2. The third-order valence-corrected chi connectivity index (χ3v) is 3.30. The van der Waals surface area contributed by atoms with Gasteiger partial charge in [0.05, 0.1) is 18.2 Å². The lowest BCUT2D eigenvalue weighted by atomic mass is 10.1. The Morgan fingerprint density at radius 1 is 1.17 bits per heavy atom. The van der Waals surface area contributed by atoms with E-state index < -0.39 is 17.6 Å². The average Bonchev–Trinajstić information content (AvgIpc) is 2.45. The van der Waals surface area contributed by atoms with E-state index in [0.29, 0.717) is 10.6 Å². The zero-order chi connectivity index (χ0) is 17.2. The summed E-state index contributed by atoms with van der Waals surface area (Å²) in [6.07, 6.45) is -4.49. The summed E-state index contributed by atoms with van der Waals surface area (Å²) in [4.78, 5) is 12.3. The number of ether oxygens (including phenoxy) is 1. The van der Waals surface area contributed by atoms with Crippen LogP contribution in [-0.2, 0) is 6.18 Å². The third kappa shape index (κ3) is 4.16. The molecule has 23 heavy (non-hydrogen) atoms. The zero-order valence-corrected chi connectivity index (χ0v) is 13.0. The highest BCUT2D eigenvalue weighted by Crippen LogP contribution is 2.32. The topological polar surface area (TPSA) is 38.3 Å². The summed E-state index contributed by atoms with van der Waals surface area (Å²) in [7, 11) is 1.38. The Bertz CT molecular complexity index is 745. The quantitative estimate of drug-likeness (QED) is 0.858. The lowest BCUT2D eigenvalue weighted by Crippen LogP contribution is -2.14. The molecule has 0 heterocycles. The number of hydrogen-bond acceptors (Lipinski definition) is 2. The van der Waals surface area contributed by atoms with Gasteiger partial charge in [0.2, 0.25) is 0 Å². The second-order valence-electron chi connectivity index (χ2n) is 4.88. The minimum absolute atomic E-state index is 0.0457. The molecule has 0 saturated carbocycles. The average molecular weight is 344 g/mol. The van der Waals surface area contributed by atoms with Crippen molar-refractivity contribution in [3.8, 4) is 5.75 Å². The van der Waals surface area contributed by atoms with Gasteiger partial charge in [-0.2, -0.15) is 13.2 Å². The van der Waals surface area contributed by atoms with Gasteiger partial charge in [0.1, 0.15) is 5.75 Å². The maximum atomic E-state index is 12.8. The summed E-state index contributed by atoms with van der Waals surface area (Å²) in [5, 5.41) is 2.75. The van der Waals surface area contributed by atoms with Gasteiger partial charge < -0.3 is 10.1 Å². The van der Waals surface area contributed by atoms with E-state index in [-0.39, 0.29) is 17.0 Å². The summed E-state index contributed by atoms with van der Waals surface area (Å²) < 4.78 is 43.6. The second kappa shape index (κ2) is 6.50. The van der Waals surface area contributed by atoms with Crippen LogP contribution in [0, 0.1) is 6.92 Å². The predicted molar refractivity (Wildman–Crippen MR) is 82.1 cm³/mol. The molecule has 122 valence electrons. The first-order valence-electron chi connectivity index (χ1n) is 6.54. The Morgan fingerprint density at radius 3 is 2.48 bits per heavy atom. The molecule has 0 radical (unpaired) electrons. The lowest BCUT2D eigenvalue weighted by molar-refractivity contribution is -0.137. The summed E-state index contributed by atoms with van der Waals surface area (Å²) in [5.74, 6) is -0.335. The molecule has 0 saturated heterocycles. The first-order valence-corrected chi connectivity index (χ1v) is 6.92. The summed E-state index contributed by atoms with van der Waals surface area (Å²) in [6.45, 7) is 1.52. The Kier molecular flexibility index (Phi) is 4.85. The smallest absolute Gasteiger partial charge is 0.416 e. The number of benzene rings is 2.